The third kappa shape index (κ3) is 3.65. The zero-order chi connectivity index (χ0) is 11.3. The molecule has 76 valence electrons. The highest BCUT2D eigenvalue weighted by Gasteiger charge is 1.98. The minimum absolute atomic E-state index is 0.110. The summed E-state index contributed by atoms with van der Waals surface area (Å²) >= 11 is 7.85. The quantitative estimate of drug-likeness (QED) is 0.490. The molecule has 0 atom stereocenters. The number of hydrogen-bond donors (Lipinski definition) is 2. The molecule has 4 nitrogen and oxygen atoms in total. The molecular weight excluding hydrogens is 276 g/mol. The molecule has 0 unspecified atom stereocenters. The minimum atomic E-state index is 0.110. The van der Waals surface area contributed by atoms with Crippen molar-refractivity contribution < 1.29 is 0 Å². The van der Waals surface area contributed by atoms with Crippen molar-refractivity contribution in [3.8, 4) is 6.07 Å². The van der Waals surface area contributed by atoms with E-state index in [1.165, 1.54) is 0 Å². The molecule has 0 aliphatic heterocycles. The molecule has 0 aromatic heterocycles. The standard InChI is InChI=1S/C9H7BrN4S/c10-8-3-6(1-2-7(8)4-11)5-13-14-9(12)15/h1-3,5H,(H3,12,14,15). The topological polar surface area (TPSA) is 74.2 Å². The lowest BCUT2D eigenvalue weighted by Gasteiger charge is -1.97. The number of thiocarbonyl (C=S) groups is 1. The Kier molecular flexibility index (Phi) is 4.21. The zero-order valence-electron chi connectivity index (χ0n) is 7.57. The maximum absolute atomic E-state index is 8.70. The van der Waals surface area contributed by atoms with Gasteiger partial charge in [-0.15, -0.1) is 0 Å². The summed E-state index contributed by atoms with van der Waals surface area (Å²) in [5, 5.41) is 12.6. The van der Waals surface area contributed by atoms with Crippen LogP contribution >= 0.6 is 28.1 Å². The second-order valence-electron chi connectivity index (χ2n) is 2.59. The van der Waals surface area contributed by atoms with Crippen molar-refractivity contribution >= 4 is 39.5 Å². The highest BCUT2D eigenvalue weighted by atomic mass is 79.9. The Bertz CT molecular complexity index is 450. The molecule has 1 rings (SSSR count). The van der Waals surface area contributed by atoms with E-state index in [4.69, 9.17) is 11.0 Å². The first kappa shape index (κ1) is 11.6. The van der Waals surface area contributed by atoms with Crippen molar-refractivity contribution in [2.75, 3.05) is 0 Å². The molecule has 0 fully saturated rings. The van der Waals surface area contributed by atoms with Gasteiger partial charge in [0.05, 0.1) is 11.8 Å². The summed E-state index contributed by atoms with van der Waals surface area (Å²) in [4.78, 5) is 0. The van der Waals surface area contributed by atoms with Crippen LogP contribution < -0.4 is 11.2 Å². The predicted molar refractivity (Wildman–Crippen MR) is 66.4 cm³/mol. The summed E-state index contributed by atoms with van der Waals surface area (Å²) in [6.07, 6.45) is 1.56. The first-order valence-electron chi connectivity index (χ1n) is 3.91. The van der Waals surface area contributed by atoms with E-state index in [2.05, 4.69) is 38.7 Å². The van der Waals surface area contributed by atoms with Crippen molar-refractivity contribution in [2.24, 2.45) is 10.8 Å². The fourth-order valence-corrected chi connectivity index (χ4v) is 1.41. The Labute approximate surface area is 101 Å². The van der Waals surface area contributed by atoms with Gasteiger partial charge in [-0.25, -0.2) is 0 Å². The van der Waals surface area contributed by atoms with Crippen molar-refractivity contribution in [1.82, 2.24) is 5.43 Å². The van der Waals surface area contributed by atoms with Gasteiger partial charge in [0.1, 0.15) is 6.07 Å². The molecule has 0 aliphatic rings. The largest absolute Gasteiger partial charge is 0.375 e. The Morgan fingerprint density at radius 3 is 2.93 bits per heavy atom. The van der Waals surface area contributed by atoms with Crippen molar-refractivity contribution in [1.29, 1.82) is 5.26 Å². The molecule has 15 heavy (non-hydrogen) atoms. The Balaban J connectivity index is 2.81. The number of hydrogen-bond acceptors (Lipinski definition) is 3. The minimum Gasteiger partial charge on any atom is -0.375 e. The van der Waals surface area contributed by atoms with Crippen LogP contribution in [0.3, 0.4) is 0 Å². The van der Waals surface area contributed by atoms with Crippen LogP contribution in [0.2, 0.25) is 0 Å². The fraction of sp³-hybridized carbons (Fsp3) is 0. The van der Waals surface area contributed by atoms with Crippen LogP contribution in [0.1, 0.15) is 11.1 Å². The molecule has 0 aliphatic carbocycles. The third-order valence-electron chi connectivity index (χ3n) is 1.50. The molecule has 1 aromatic rings. The number of nitrogens with one attached hydrogen (secondary N) is 1. The smallest absolute Gasteiger partial charge is 0.184 e. The van der Waals surface area contributed by atoms with Gasteiger partial charge in [0.2, 0.25) is 0 Å². The number of rotatable bonds is 2. The van der Waals surface area contributed by atoms with E-state index in [9.17, 15) is 0 Å². The third-order valence-corrected chi connectivity index (χ3v) is 2.25. The van der Waals surface area contributed by atoms with E-state index in [1.54, 1.807) is 24.4 Å². The predicted octanol–water partition coefficient (Wildman–Crippen LogP) is 1.49. The normalized spacial score (nSPS) is 9.87. The first-order valence-corrected chi connectivity index (χ1v) is 5.12. The Morgan fingerprint density at radius 2 is 2.40 bits per heavy atom. The lowest BCUT2D eigenvalue weighted by molar-refractivity contribution is 1.04. The van der Waals surface area contributed by atoms with E-state index in [1.807, 2.05) is 6.07 Å². The second-order valence-corrected chi connectivity index (χ2v) is 3.88. The second kappa shape index (κ2) is 5.44. The molecule has 3 N–H and O–H groups in total. The summed E-state index contributed by atoms with van der Waals surface area (Å²) in [6, 6.07) is 7.30. The van der Waals surface area contributed by atoms with Gasteiger partial charge in [-0.1, -0.05) is 6.07 Å². The average Bonchev–Trinajstić information content (AvgIpc) is 2.17. The lowest BCUT2D eigenvalue weighted by Crippen LogP contribution is -2.23. The first-order chi connectivity index (χ1) is 7.13. The van der Waals surface area contributed by atoms with Gasteiger partial charge in [-0.3, -0.25) is 5.43 Å². The van der Waals surface area contributed by atoms with E-state index in [0.29, 0.717) is 5.56 Å². The maximum Gasteiger partial charge on any atom is 0.184 e. The van der Waals surface area contributed by atoms with E-state index < -0.39 is 0 Å². The van der Waals surface area contributed by atoms with Crippen molar-refractivity contribution in [3.63, 3.8) is 0 Å². The molecule has 0 radical (unpaired) electrons. The summed E-state index contributed by atoms with van der Waals surface area (Å²) in [5.74, 6) is 0. The SMILES string of the molecule is N#Cc1ccc(C=NNC(N)=S)cc1Br. The van der Waals surface area contributed by atoms with Crippen LogP contribution in [0, 0.1) is 11.3 Å². The average molecular weight is 283 g/mol. The molecule has 1 aromatic carbocycles. The number of hydrazone groups is 1. The van der Waals surface area contributed by atoms with Gasteiger partial charge in [0.15, 0.2) is 5.11 Å². The number of nitriles is 1. The van der Waals surface area contributed by atoms with Gasteiger partial charge >= 0.3 is 0 Å². The van der Waals surface area contributed by atoms with Gasteiger partial charge < -0.3 is 5.73 Å². The van der Waals surface area contributed by atoms with E-state index in [-0.39, 0.29) is 5.11 Å². The molecule has 6 heteroatoms. The van der Waals surface area contributed by atoms with Crippen LogP contribution in [0.15, 0.2) is 27.8 Å². The number of nitrogens with two attached hydrogens (primary N) is 1. The number of benzene rings is 1. The molecule has 0 saturated heterocycles. The fourth-order valence-electron chi connectivity index (χ4n) is 0.873. The zero-order valence-corrected chi connectivity index (χ0v) is 9.97. The van der Waals surface area contributed by atoms with E-state index >= 15 is 0 Å². The maximum atomic E-state index is 8.70. The molecule has 0 saturated carbocycles. The molecule has 0 heterocycles. The summed E-state index contributed by atoms with van der Waals surface area (Å²) in [6.45, 7) is 0. The summed E-state index contributed by atoms with van der Waals surface area (Å²) in [7, 11) is 0. The van der Waals surface area contributed by atoms with Crippen molar-refractivity contribution in [2.45, 2.75) is 0 Å². The molecular formula is C9H7BrN4S. The summed E-state index contributed by atoms with van der Waals surface area (Å²) in [5.41, 5.74) is 9.04. The van der Waals surface area contributed by atoms with Gasteiger partial charge in [0, 0.05) is 4.47 Å². The van der Waals surface area contributed by atoms with Crippen LogP contribution in [-0.4, -0.2) is 11.3 Å². The highest BCUT2D eigenvalue weighted by Crippen LogP contribution is 2.16. The van der Waals surface area contributed by atoms with Crippen molar-refractivity contribution in [3.05, 3.63) is 33.8 Å². The monoisotopic (exact) mass is 282 g/mol. The van der Waals surface area contributed by atoms with Gasteiger partial charge in [-0.05, 0) is 45.8 Å². The van der Waals surface area contributed by atoms with E-state index in [0.717, 1.165) is 10.0 Å². The van der Waals surface area contributed by atoms with Gasteiger partial charge in [0.25, 0.3) is 0 Å². The van der Waals surface area contributed by atoms with Crippen LogP contribution in [0.4, 0.5) is 0 Å². The van der Waals surface area contributed by atoms with Gasteiger partial charge in [-0.2, -0.15) is 10.4 Å². The molecule has 0 bridgehead atoms. The van der Waals surface area contributed by atoms with Crippen LogP contribution in [0.5, 0.6) is 0 Å². The number of halogens is 1. The Hall–Kier alpha value is -1.45. The number of nitrogens with zero attached hydrogens (tertiary/aromatic N) is 2. The molecule has 0 amide bonds. The van der Waals surface area contributed by atoms with Crippen LogP contribution in [0.25, 0.3) is 0 Å². The summed E-state index contributed by atoms with van der Waals surface area (Å²) < 4.78 is 0.726. The molecule has 0 spiro atoms. The highest BCUT2D eigenvalue weighted by molar-refractivity contribution is 9.10. The Morgan fingerprint density at radius 1 is 1.67 bits per heavy atom. The lowest BCUT2D eigenvalue weighted by atomic mass is 10.2. The van der Waals surface area contributed by atoms with Crippen LogP contribution in [-0.2, 0) is 0 Å².